The van der Waals surface area contributed by atoms with E-state index in [1.165, 1.54) is 19.3 Å². The van der Waals surface area contributed by atoms with Gasteiger partial charge in [-0.2, -0.15) is 0 Å². The van der Waals surface area contributed by atoms with Crippen molar-refractivity contribution in [3.8, 4) is 0 Å². The Balaban J connectivity index is 2.09. The van der Waals surface area contributed by atoms with Gasteiger partial charge < -0.3 is 5.73 Å². The summed E-state index contributed by atoms with van der Waals surface area (Å²) in [7, 11) is 0. The maximum absolute atomic E-state index is 6.40. The number of hydrogen-bond donors (Lipinski definition) is 1. The number of benzene rings is 1. The molecule has 18 heavy (non-hydrogen) atoms. The zero-order chi connectivity index (χ0) is 13.3. The van der Waals surface area contributed by atoms with Crippen LogP contribution in [0.2, 0.25) is 10.0 Å². The molecule has 0 spiro atoms. The lowest BCUT2D eigenvalue weighted by Crippen LogP contribution is -2.38. The maximum Gasteiger partial charge on any atom is 0.0453 e. The van der Waals surface area contributed by atoms with Crippen molar-refractivity contribution in [1.29, 1.82) is 0 Å². The van der Waals surface area contributed by atoms with Gasteiger partial charge in [0.15, 0.2) is 0 Å². The van der Waals surface area contributed by atoms with Gasteiger partial charge in [-0.15, -0.1) is 0 Å². The van der Waals surface area contributed by atoms with E-state index in [1.54, 1.807) is 6.07 Å². The van der Waals surface area contributed by atoms with E-state index in [9.17, 15) is 0 Å². The zero-order valence-electron chi connectivity index (χ0n) is 11.0. The van der Waals surface area contributed by atoms with Gasteiger partial charge in [0, 0.05) is 16.1 Å². The van der Waals surface area contributed by atoms with Crippen molar-refractivity contribution in [2.75, 3.05) is 0 Å². The second-order valence-corrected chi connectivity index (χ2v) is 6.93. The highest BCUT2D eigenvalue weighted by Gasteiger charge is 2.38. The van der Waals surface area contributed by atoms with Crippen molar-refractivity contribution < 1.29 is 0 Å². The number of halogens is 2. The van der Waals surface area contributed by atoms with Crippen molar-refractivity contribution in [2.24, 2.45) is 17.1 Å². The van der Waals surface area contributed by atoms with Crippen LogP contribution in [0, 0.1) is 11.3 Å². The van der Waals surface area contributed by atoms with E-state index in [0.29, 0.717) is 16.4 Å². The quantitative estimate of drug-likeness (QED) is 0.857. The van der Waals surface area contributed by atoms with Crippen LogP contribution >= 0.6 is 23.2 Å². The van der Waals surface area contributed by atoms with E-state index in [-0.39, 0.29) is 6.04 Å². The van der Waals surface area contributed by atoms with E-state index in [1.807, 2.05) is 12.1 Å². The minimum absolute atomic E-state index is 0.182. The Morgan fingerprint density at radius 2 is 2.11 bits per heavy atom. The summed E-state index contributed by atoms with van der Waals surface area (Å²) in [5.41, 5.74) is 7.87. The molecule has 0 bridgehead atoms. The molecule has 1 nitrogen and oxygen atoms in total. The van der Waals surface area contributed by atoms with Gasteiger partial charge in [0.05, 0.1) is 0 Å². The molecule has 1 aromatic rings. The fourth-order valence-corrected chi connectivity index (χ4v) is 3.72. The number of hydrogen-bond acceptors (Lipinski definition) is 1. The highest BCUT2D eigenvalue weighted by molar-refractivity contribution is 6.35. The van der Waals surface area contributed by atoms with E-state index in [4.69, 9.17) is 28.9 Å². The Bertz CT molecular complexity index is 429. The summed E-state index contributed by atoms with van der Waals surface area (Å²) in [4.78, 5) is 0. The highest BCUT2D eigenvalue weighted by Crippen LogP contribution is 2.44. The third kappa shape index (κ3) is 3.01. The second-order valence-electron chi connectivity index (χ2n) is 6.09. The standard InChI is InChI=1S/C15H21Cl2N/c1-15(2)7-3-4-12(15)14(18)8-10-5-6-11(16)9-13(10)17/h5-6,9,12,14H,3-4,7-8,18H2,1-2H3. The molecule has 100 valence electrons. The van der Waals surface area contributed by atoms with Gasteiger partial charge in [0.25, 0.3) is 0 Å². The molecule has 3 heteroatoms. The lowest BCUT2D eigenvalue weighted by atomic mass is 9.76. The van der Waals surface area contributed by atoms with Crippen LogP contribution in [0.3, 0.4) is 0 Å². The topological polar surface area (TPSA) is 26.0 Å². The summed E-state index contributed by atoms with van der Waals surface area (Å²) < 4.78 is 0. The van der Waals surface area contributed by atoms with Gasteiger partial charge in [-0.1, -0.05) is 49.5 Å². The first kappa shape index (κ1) is 14.2. The summed E-state index contributed by atoms with van der Waals surface area (Å²) in [6, 6.07) is 5.85. The predicted octanol–water partition coefficient (Wildman–Crippen LogP) is 4.69. The van der Waals surface area contributed by atoms with Gasteiger partial charge in [-0.25, -0.2) is 0 Å². The van der Waals surface area contributed by atoms with Gasteiger partial charge in [0.2, 0.25) is 0 Å². The molecule has 2 atom stereocenters. The Labute approximate surface area is 120 Å². The van der Waals surface area contributed by atoms with Crippen LogP contribution < -0.4 is 5.73 Å². The van der Waals surface area contributed by atoms with Crippen LogP contribution in [-0.2, 0) is 6.42 Å². The molecule has 0 aliphatic heterocycles. The van der Waals surface area contributed by atoms with Crippen LogP contribution in [0.4, 0.5) is 0 Å². The Morgan fingerprint density at radius 1 is 1.39 bits per heavy atom. The Hall–Kier alpha value is -0.240. The predicted molar refractivity (Wildman–Crippen MR) is 79.3 cm³/mol. The van der Waals surface area contributed by atoms with Gasteiger partial charge in [-0.3, -0.25) is 0 Å². The molecule has 0 saturated heterocycles. The average Bonchev–Trinajstić information content (AvgIpc) is 2.62. The highest BCUT2D eigenvalue weighted by atomic mass is 35.5. The molecule has 2 rings (SSSR count). The average molecular weight is 286 g/mol. The lowest BCUT2D eigenvalue weighted by Gasteiger charge is -2.32. The number of nitrogens with two attached hydrogens (primary N) is 1. The molecule has 0 heterocycles. The molecule has 0 aromatic heterocycles. The largest absolute Gasteiger partial charge is 0.327 e. The molecule has 1 fully saturated rings. The maximum atomic E-state index is 6.40. The molecule has 0 amide bonds. The Morgan fingerprint density at radius 3 is 2.67 bits per heavy atom. The lowest BCUT2D eigenvalue weighted by molar-refractivity contribution is 0.220. The van der Waals surface area contributed by atoms with E-state index < -0.39 is 0 Å². The molecule has 2 unspecified atom stereocenters. The molecule has 1 aliphatic rings. The summed E-state index contributed by atoms with van der Waals surface area (Å²) in [6.07, 6.45) is 4.64. The number of rotatable bonds is 3. The molecule has 1 aliphatic carbocycles. The van der Waals surface area contributed by atoms with Crippen LogP contribution in [-0.4, -0.2) is 6.04 Å². The fraction of sp³-hybridized carbons (Fsp3) is 0.600. The minimum atomic E-state index is 0.182. The second kappa shape index (κ2) is 5.40. The summed E-state index contributed by atoms with van der Waals surface area (Å²) >= 11 is 12.1. The molecule has 1 saturated carbocycles. The smallest absolute Gasteiger partial charge is 0.0453 e. The fourth-order valence-electron chi connectivity index (χ4n) is 3.23. The first-order chi connectivity index (χ1) is 8.40. The summed E-state index contributed by atoms with van der Waals surface area (Å²) in [6.45, 7) is 4.65. The van der Waals surface area contributed by atoms with Crippen LogP contribution in [0.15, 0.2) is 18.2 Å². The minimum Gasteiger partial charge on any atom is -0.327 e. The first-order valence-corrected chi connectivity index (χ1v) is 7.35. The van der Waals surface area contributed by atoms with Crippen molar-refractivity contribution in [2.45, 2.75) is 45.6 Å². The van der Waals surface area contributed by atoms with Crippen LogP contribution in [0.5, 0.6) is 0 Å². The van der Waals surface area contributed by atoms with Gasteiger partial charge in [0.1, 0.15) is 0 Å². The van der Waals surface area contributed by atoms with Gasteiger partial charge in [-0.05, 0) is 48.3 Å². The van der Waals surface area contributed by atoms with E-state index in [2.05, 4.69) is 13.8 Å². The first-order valence-electron chi connectivity index (χ1n) is 6.59. The van der Waals surface area contributed by atoms with Crippen molar-refractivity contribution >= 4 is 23.2 Å². The third-order valence-corrected chi connectivity index (χ3v) is 4.91. The zero-order valence-corrected chi connectivity index (χ0v) is 12.6. The summed E-state index contributed by atoms with van der Waals surface area (Å²) in [5.74, 6) is 0.587. The molecular weight excluding hydrogens is 265 g/mol. The van der Waals surface area contributed by atoms with Gasteiger partial charge >= 0.3 is 0 Å². The Kier molecular flexibility index (Phi) is 4.25. The normalized spacial score (nSPS) is 24.2. The van der Waals surface area contributed by atoms with E-state index >= 15 is 0 Å². The molecule has 0 radical (unpaired) electrons. The summed E-state index contributed by atoms with van der Waals surface area (Å²) in [5, 5.41) is 1.41. The van der Waals surface area contributed by atoms with Crippen LogP contribution in [0.1, 0.15) is 38.7 Å². The molecule has 2 N–H and O–H groups in total. The molecule has 1 aromatic carbocycles. The van der Waals surface area contributed by atoms with E-state index in [0.717, 1.165) is 17.0 Å². The van der Waals surface area contributed by atoms with Crippen molar-refractivity contribution in [1.82, 2.24) is 0 Å². The van der Waals surface area contributed by atoms with Crippen LogP contribution in [0.25, 0.3) is 0 Å². The SMILES string of the molecule is CC1(C)CCCC1C(N)Cc1ccc(Cl)cc1Cl. The van der Waals surface area contributed by atoms with Crippen molar-refractivity contribution in [3.63, 3.8) is 0 Å². The molecular formula is C15H21Cl2N. The monoisotopic (exact) mass is 285 g/mol. The van der Waals surface area contributed by atoms with Crippen molar-refractivity contribution in [3.05, 3.63) is 33.8 Å². The third-order valence-electron chi connectivity index (χ3n) is 4.33.